The number of hydrogen-bond donors (Lipinski definition) is 0. The highest BCUT2D eigenvalue weighted by molar-refractivity contribution is 7.07. The van der Waals surface area contributed by atoms with E-state index in [9.17, 15) is 4.79 Å². The van der Waals surface area contributed by atoms with Crippen molar-refractivity contribution in [2.24, 2.45) is 12.0 Å². The molecule has 9 heteroatoms. The molecule has 0 unspecified atom stereocenters. The molecule has 0 fully saturated rings. The number of hydrogen-bond acceptors (Lipinski definition) is 3. The van der Waals surface area contributed by atoms with Crippen molar-refractivity contribution in [1.29, 1.82) is 0 Å². The van der Waals surface area contributed by atoms with Crippen LogP contribution in [0.15, 0.2) is 16.6 Å². The van der Waals surface area contributed by atoms with Gasteiger partial charge in [0.1, 0.15) is 5.15 Å². The van der Waals surface area contributed by atoms with E-state index in [-0.39, 0.29) is 25.9 Å². The molecular formula is C10H5Cl4N3OS. The number of aryl methyl sites for hydroxylation is 1. The Morgan fingerprint density at radius 3 is 2.53 bits per heavy atom. The summed E-state index contributed by atoms with van der Waals surface area (Å²) in [5.74, 6) is -0.636. The maximum atomic E-state index is 12.0. The molecule has 0 bridgehead atoms. The van der Waals surface area contributed by atoms with Crippen molar-refractivity contribution in [3.8, 4) is 0 Å². The highest BCUT2D eigenvalue weighted by Gasteiger charge is 2.20. The van der Waals surface area contributed by atoms with E-state index >= 15 is 0 Å². The predicted octanol–water partition coefficient (Wildman–Crippen LogP) is 3.84. The second-order valence-electron chi connectivity index (χ2n) is 3.41. The molecule has 0 spiro atoms. The molecule has 0 N–H and O–H groups in total. The number of thiazole rings is 1. The Hall–Kier alpha value is -0.590. The maximum absolute atomic E-state index is 12.0. The molecule has 0 saturated carbocycles. The molecule has 19 heavy (non-hydrogen) atoms. The number of amides is 1. The van der Waals surface area contributed by atoms with Gasteiger partial charge in [-0.3, -0.25) is 4.79 Å². The van der Waals surface area contributed by atoms with Gasteiger partial charge >= 0.3 is 0 Å². The molecule has 2 aromatic heterocycles. The predicted molar refractivity (Wildman–Crippen MR) is 77.5 cm³/mol. The van der Waals surface area contributed by atoms with Gasteiger partial charge in [0.25, 0.3) is 5.91 Å². The van der Waals surface area contributed by atoms with E-state index in [1.165, 1.54) is 11.3 Å². The molecule has 0 atom stereocenters. The van der Waals surface area contributed by atoms with Crippen molar-refractivity contribution >= 4 is 63.6 Å². The fourth-order valence-corrected chi connectivity index (χ4v) is 2.74. The van der Waals surface area contributed by atoms with Gasteiger partial charge in [0.2, 0.25) is 0 Å². The summed E-state index contributed by atoms with van der Waals surface area (Å²) in [4.78, 5) is 20.2. The Morgan fingerprint density at radius 2 is 1.95 bits per heavy atom. The minimum absolute atomic E-state index is 0.00608. The van der Waals surface area contributed by atoms with E-state index in [0.29, 0.717) is 4.80 Å². The van der Waals surface area contributed by atoms with E-state index in [2.05, 4.69) is 9.98 Å². The summed E-state index contributed by atoms with van der Waals surface area (Å²) in [6.45, 7) is 0. The fraction of sp³-hybridized carbons (Fsp3) is 0.100. The second kappa shape index (κ2) is 5.81. The average Bonchev–Trinajstić information content (AvgIpc) is 2.77. The van der Waals surface area contributed by atoms with Crippen LogP contribution in [-0.2, 0) is 7.05 Å². The number of aromatic nitrogens is 2. The standard InChI is InChI=1S/C10H5Cl4N3OS/c1-17-2-3-19-10(17)16-9(18)7-5(12)4(11)6(13)8(14)15-7/h2-3H,1H3. The average molecular weight is 357 g/mol. The Bertz CT molecular complexity index is 722. The highest BCUT2D eigenvalue weighted by atomic mass is 35.5. The number of carbonyl (C=O) groups is 1. The van der Waals surface area contributed by atoms with Crippen molar-refractivity contribution in [3.63, 3.8) is 0 Å². The van der Waals surface area contributed by atoms with Crippen LogP contribution in [0.3, 0.4) is 0 Å². The molecular weight excluding hydrogens is 352 g/mol. The topological polar surface area (TPSA) is 47.2 Å². The number of carbonyl (C=O) groups excluding carboxylic acids is 1. The zero-order valence-corrected chi connectivity index (χ0v) is 13.2. The summed E-state index contributed by atoms with van der Waals surface area (Å²) in [6, 6.07) is 0. The number of pyridine rings is 1. The Balaban J connectivity index is 2.55. The number of halogens is 4. The van der Waals surface area contributed by atoms with Gasteiger partial charge in [0.05, 0.1) is 15.1 Å². The third kappa shape index (κ3) is 2.95. The molecule has 0 aromatic carbocycles. The molecule has 4 nitrogen and oxygen atoms in total. The summed E-state index contributed by atoms with van der Waals surface area (Å²) in [7, 11) is 1.76. The van der Waals surface area contributed by atoms with Crippen molar-refractivity contribution in [3.05, 3.63) is 42.3 Å². The largest absolute Gasteiger partial charge is 0.327 e. The maximum Gasteiger partial charge on any atom is 0.299 e. The Labute approximate surface area is 132 Å². The van der Waals surface area contributed by atoms with Crippen molar-refractivity contribution < 1.29 is 4.79 Å². The molecule has 1 amide bonds. The molecule has 0 saturated heterocycles. The first-order valence-corrected chi connectivity index (χ1v) is 7.20. The molecule has 100 valence electrons. The zero-order valence-electron chi connectivity index (χ0n) is 9.32. The molecule has 0 aliphatic carbocycles. The van der Waals surface area contributed by atoms with Gasteiger partial charge in [-0.1, -0.05) is 46.4 Å². The van der Waals surface area contributed by atoms with Crippen LogP contribution in [0.2, 0.25) is 20.2 Å². The van der Waals surface area contributed by atoms with Gasteiger partial charge in [-0.2, -0.15) is 4.99 Å². The van der Waals surface area contributed by atoms with E-state index < -0.39 is 5.91 Å². The van der Waals surface area contributed by atoms with Crippen LogP contribution < -0.4 is 4.80 Å². The lowest BCUT2D eigenvalue weighted by Crippen LogP contribution is -2.13. The van der Waals surface area contributed by atoms with Crippen molar-refractivity contribution in [1.82, 2.24) is 9.55 Å². The van der Waals surface area contributed by atoms with Gasteiger partial charge < -0.3 is 4.57 Å². The molecule has 2 heterocycles. The van der Waals surface area contributed by atoms with Crippen molar-refractivity contribution in [2.75, 3.05) is 0 Å². The molecule has 0 aliphatic heterocycles. The minimum Gasteiger partial charge on any atom is -0.327 e. The lowest BCUT2D eigenvalue weighted by molar-refractivity contribution is 0.0993. The van der Waals surface area contributed by atoms with Gasteiger partial charge in [-0.15, -0.1) is 11.3 Å². The van der Waals surface area contributed by atoms with E-state index in [1.807, 2.05) is 0 Å². The van der Waals surface area contributed by atoms with Crippen LogP contribution in [0.25, 0.3) is 0 Å². The number of nitrogens with zero attached hydrogens (tertiary/aromatic N) is 3. The fourth-order valence-electron chi connectivity index (χ4n) is 1.20. The van der Waals surface area contributed by atoms with E-state index in [4.69, 9.17) is 46.4 Å². The smallest absolute Gasteiger partial charge is 0.299 e. The molecule has 2 aromatic rings. The minimum atomic E-state index is -0.636. The van der Waals surface area contributed by atoms with E-state index in [1.54, 1.807) is 23.2 Å². The monoisotopic (exact) mass is 355 g/mol. The highest BCUT2D eigenvalue weighted by Crippen LogP contribution is 2.36. The van der Waals surface area contributed by atoms with Gasteiger partial charge in [0, 0.05) is 18.6 Å². The SMILES string of the molecule is Cn1ccsc1=NC(=O)c1nc(Cl)c(Cl)c(Cl)c1Cl. The van der Waals surface area contributed by atoms with Gasteiger partial charge in [-0.25, -0.2) is 4.98 Å². The summed E-state index contributed by atoms with van der Waals surface area (Å²) in [5, 5.41) is 1.63. The van der Waals surface area contributed by atoms with Crippen LogP contribution in [0.4, 0.5) is 0 Å². The lowest BCUT2D eigenvalue weighted by Gasteiger charge is -2.04. The van der Waals surface area contributed by atoms with Crippen LogP contribution in [0.1, 0.15) is 10.5 Å². The second-order valence-corrected chi connectivity index (χ2v) is 5.77. The van der Waals surface area contributed by atoms with Crippen LogP contribution in [0, 0.1) is 0 Å². The number of rotatable bonds is 1. The lowest BCUT2D eigenvalue weighted by atomic mass is 10.3. The zero-order chi connectivity index (χ0) is 14.2. The first kappa shape index (κ1) is 14.8. The quantitative estimate of drug-likeness (QED) is 0.729. The Morgan fingerprint density at radius 1 is 1.26 bits per heavy atom. The summed E-state index contributed by atoms with van der Waals surface area (Å²) in [5.41, 5.74) is -0.130. The normalized spacial score (nSPS) is 11.9. The first-order valence-electron chi connectivity index (χ1n) is 4.81. The third-order valence-corrected chi connectivity index (χ3v) is 4.67. The van der Waals surface area contributed by atoms with E-state index in [0.717, 1.165) is 0 Å². The summed E-state index contributed by atoms with van der Waals surface area (Å²) < 4.78 is 1.69. The first-order chi connectivity index (χ1) is 8.91. The van der Waals surface area contributed by atoms with Gasteiger partial charge in [-0.05, 0) is 0 Å². The molecule has 0 aliphatic rings. The Kier molecular flexibility index (Phi) is 4.53. The van der Waals surface area contributed by atoms with Crippen LogP contribution >= 0.6 is 57.7 Å². The van der Waals surface area contributed by atoms with Crippen LogP contribution in [0.5, 0.6) is 0 Å². The van der Waals surface area contributed by atoms with Crippen LogP contribution in [-0.4, -0.2) is 15.5 Å². The summed E-state index contributed by atoms with van der Waals surface area (Å²) in [6.07, 6.45) is 1.77. The van der Waals surface area contributed by atoms with Crippen molar-refractivity contribution in [2.45, 2.75) is 0 Å². The summed E-state index contributed by atoms with van der Waals surface area (Å²) >= 11 is 24.6. The third-order valence-electron chi connectivity index (χ3n) is 2.14. The molecule has 0 radical (unpaired) electrons. The molecule has 2 rings (SSSR count). The van der Waals surface area contributed by atoms with Gasteiger partial charge in [0.15, 0.2) is 10.5 Å².